The summed E-state index contributed by atoms with van der Waals surface area (Å²) >= 11 is 0. The summed E-state index contributed by atoms with van der Waals surface area (Å²) in [4.78, 5) is 13.7. The molecule has 114 valence electrons. The second-order valence-corrected chi connectivity index (χ2v) is 6.61. The summed E-state index contributed by atoms with van der Waals surface area (Å²) in [6.07, 6.45) is 6.90. The maximum absolute atomic E-state index is 11.3. The van der Waals surface area contributed by atoms with E-state index in [1.807, 2.05) is 18.2 Å². The third-order valence-electron chi connectivity index (χ3n) is 5.32. The number of nitrogens with zero attached hydrogens (tertiary/aromatic N) is 1. The highest BCUT2D eigenvalue weighted by Gasteiger charge is 2.34. The highest BCUT2D eigenvalue weighted by molar-refractivity contribution is 5.68. The van der Waals surface area contributed by atoms with Crippen LogP contribution in [-0.2, 0) is 4.79 Å². The van der Waals surface area contributed by atoms with E-state index in [4.69, 9.17) is 0 Å². The van der Waals surface area contributed by atoms with E-state index in [1.165, 1.54) is 32.1 Å². The molecule has 1 aliphatic carbocycles. The Bertz CT molecular complexity index is 473. The lowest BCUT2D eigenvalue weighted by Crippen LogP contribution is -2.44. The average Bonchev–Trinajstić information content (AvgIpc) is 2.53. The second kappa shape index (κ2) is 6.61. The van der Waals surface area contributed by atoms with Crippen molar-refractivity contribution in [3.05, 3.63) is 35.9 Å². The summed E-state index contributed by atoms with van der Waals surface area (Å²) in [5.41, 5.74) is 1.15. The molecule has 1 saturated heterocycles. The molecule has 3 nitrogen and oxygen atoms in total. The van der Waals surface area contributed by atoms with Crippen LogP contribution in [0.15, 0.2) is 30.3 Å². The van der Waals surface area contributed by atoms with Gasteiger partial charge >= 0.3 is 5.97 Å². The zero-order valence-corrected chi connectivity index (χ0v) is 12.6. The van der Waals surface area contributed by atoms with E-state index in [0.29, 0.717) is 0 Å². The van der Waals surface area contributed by atoms with Gasteiger partial charge < -0.3 is 5.11 Å². The Hall–Kier alpha value is -1.35. The Kier molecular flexibility index (Phi) is 4.59. The Balaban J connectivity index is 1.75. The summed E-state index contributed by atoms with van der Waals surface area (Å²) in [6.45, 7) is 2.13. The van der Waals surface area contributed by atoms with Crippen LogP contribution in [0.5, 0.6) is 0 Å². The van der Waals surface area contributed by atoms with Gasteiger partial charge in [0.15, 0.2) is 0 Å². The van der Waals surface area contributed by atoms with Gasteiger partial charge in [-0.15, -0.1) is 0 Å². The number of benzene rings is 1. The largest absolute Gasteiger partial charge is 0.481 e. The number of fused-ring (bicyclic) bond motifs is 1. The van der Waals surface area contributed by atoms with Crippen molar-refractivity contribution in [2.75, 3.05) is 13.1 Å². The molecular weight excluding hydrogens is 262 g/mol. The first-order chi connectivity index (χ1) is 10.2. The summed E-state index contributed by atoms with van der Waals surface area (Å²) < 4.78 is 0. The number of aliphatic carboxylic acids is 1. The average molecular weight is 287 g/mol. The Morgan fingerprint density at radius 1 is 1.14 bits per heavy atom. The van der Waals surface area contributed by atoms with Gasteiger partial charge in [-0.2, -0.15) is 0 Å². The molecule has 1 aromatic carbocycles. The Labute approximate surface area is 127 Å². The van der Waals surface area contributed by atoms with E-state index in [-0.39, 0.29) is 12.5 Å². The summed E-state index contributed by atoms with van der Waals surface area (Å²) in [5, 5.41) is 9.28. The van der Waals surface area contributed by atoms with Gasteiger partial charge in [0.05, 0.1) is 6.42 Å². The van der Waals surface area contributed by atoms with Crippen LogP contribution in [0.25, 0.3) is 0 Å². The van der Waals surface area contributed by atoms with Gasteiger partial charge in [-0.3, -0.25) is 9.69 Å². The minimum Gasteiger partial charge on any atom is -0.481 e. The quantitative estimate of drug-likeness (QED) is 0.917. The highest BCUT2D eigenvalue weighted by atomic mass is 16.4. The minimum atomic E-state index is -0.699. The summed E-state index contributed by atoms with van der Waals surface area (Å²) in [5.74, 6) is 0.971. The SMILES string of the molecule is O=C(O)CC(c1ccccc1)N1CCC2CCCCC2C1. The fourth-order valence-corrected chi connectivity index (χ4v) is 4.21. The standard InChI is InChI=1S/C18H25NO2/c20-18(21)12-17(15-7-2-1-3-8-15)19-11-10-14-6-4-5-9-16(14)13-19/h1-3,7-8,14,16-17H,4-6,9-13H2,(H,20,21). The van der Waals surface area contributed by atoms with Crippen molar-refractivity contribution in [3.63, 3.8) is 0 Å². The number of carbonyl (C=O) groups is 1. The van der Waals surface area contributed by atoms with Gasteiger partial charge in [0.2, 0.25) is 0 Å². The van der Waals surface area contributed by atoms with Crippen LogP contribution in [0.3, 0.4) is 0 Å². The molecule has 0 bridgehead atoms. The molecule has 0 radical (unpaired) electrons. The number of rotatable bonds is 4. The smallest absolute Gasteiger partial charge is 0.305 e. The fraction of sp³-hybridized carbons (Fsp3) is 0.611. The number of hydrogen-bond acceptors (Lipinski definition) is 2. The molecule has 1 aliphatic heterocycles. The van der Waals surface area contributed by atoms with Crippen LogP contribution < -0.4 is 0 Å². The van der Waals surface area contributed by atoms with Crippen molar-refractivity contribution in [2.24, 2.45) is 11.8 Å². The van der Waals surface area contributed by atoms with Crippen LogP contribution in [-0.4, -0.2) is 29.1 Å². The number of likely N-dealkylation sites (tertiary alicyclic amines) is 1. The number of piperidine rings is 1. The van der Waals surface area contributed by atoms with Crippen molar-refractivity contribution in [1.82, 2.24) is 4.90 Å². The Morgan fingerprint density at radius 2 is 1.86 bits per heavy atom. The zero-order chi connectivity index (χ0) is 14.7. The van der Waals surface area contributed by atoms with Gasteiger partial charge in [-0.1, -0.05) is 49.6 Å². The van der Waals surface area contributed by atoms with Crippen LogP contribution in [0.2, 0.25) is 0 Å². The van der Waals surface area contributed by atoms with Crippen LogP contribution in [0, 0.1) is 11.8 Å². The molecule has 1 aromatic rings. The minimum absolute atomic E-state index is 0.0339. The van der Waals surface area contributed by atoms with E-state index < -0.39 is 5.97 Å². The van der Waals surface area contributed by atoms with E-state index in [1.54, 1.807) is 0 Å². The molecule has 3 heteroatoms. The van der Waals surface area contributed by atoms with Crippen molar-refractivity contribution in [1.29, 1.82) is 0 Å². The lowest BCUT2D eigenvalue weighted by atomic mass is 9.74. The first-order valence-corrected chi connectivity index (χ1v) is 8.25. The lowest BCUT2D eigenvalue weighted by molar-refractivity contribution is -0.138. The van der Waals surface area contributed by atoms with Crippen molar-refractivity contribution >= 4 is 5.97 Å². The van der Waals surface area contributed by atoms with Crippen LogP contribution >= 0.6 is 0 Å². The van der Waals surface area contributed by atoms with Crippen LogP contribution in [0.4, 0.5) is 0 Å². The van der Waals surface area contributed by atoms with Gasteiger partial charge in [-0.25, -0.2) is 0 Å². The molecule has 21 heavy (non-hydrogen) atoms. The first-order valence-electron chi connectivity index (χ1n) is 8.25. The van der Waals surface area contributed by atoms with Crippen LogP contribution in [0.1, 0.15) is 50.1 Å². The summed E-state index contributed by atoms with van der Waals surface area (Å²) in [7, 11) is 0. The molecule has 2 fully saturated rings. The van der Waals surface area contributed by atoms with Gasteiger partial charge in [0.1, 0.15) is 0 Å². The van der Waals surface area contributed by atoms with Gasteiger partial charge in [-0.05, 0) is 36.8 Å². The first kappa shape index (κ1) is 14.6. The maximum Gasteiger partial charge on any atom is 0.305 e. The molecule has 1 saturated carbocycles. The molecule has 3 rings (SSSR count). The number of carboxylic acid groups (broad SMARTS) is 1. The van der Waals surface area contributed by atoms with Gasteiger partial charge in [0, 0.05) is 12.6 Å². The third-order valence-corrected chi connectivity index (χ3v) is 5.32. The molecule has 2 aliphatic rings. The van der Waals surface area contributed by atoms with E-state index >= 15 is 0 Å². The molecule has 1 heterocycles. The van der Waals surface area contributed by atoms with E-state index in [0.717, 1.165) is 30.5 Å². The predicted molar refractivity (Wildman–Crippen MR) is 83.1 cm³/mol. The number of carboxylic acids is 1. The fourth-order valence-electron chi connectivity index (χ4n) is 4.21. The predicted octanol–water partition coefficient (Wildman–Crippen LogP) is 3.71. The monoisotopic (exact) mass is 287 g/mol. The molecular formula is C18H25NO2. The van der Waals surface area contributed by atoms with E-state index in [9.17, 15) is 9.90 Å². The second-order valence-electron chi connectivity index (χ2n) is 6.61. The van der Waals surface area contributed by atoms with Gasteiger partial charge in [0.25, 0.3) is 0 Å². The van der Waals surface area contributed by atoms with Crippen molar-refractivity contribution in [2.45, 2.75) is 44.6 Å². The Morgan fingerprint density at radius 3 is 2.57 bits per heavy atom. The molecule has 0 amide bonds. The molecule has 3 unspecified atom stereocenters. The lowest BCUT2D eigenvalue weighted by Gasteiger charge is -2.44. The van der Waals surface area contributed by atoms with Crippen molar-refractivity contribution in [3.8, 4) is 0 Å². The van der Waals surface area contributed by atoms with E-state index in [2.05, 4.69) is 17.0 Å². The topological polar surface area (TPSA) is 40.5 Å². The summed E-state index contributed by atoms with van der Waals surface area (Å²) in [6, 6.07) is 10.2. The zero-order valence-electron chi connectivity index (χ0n) is 12.6. The highest BCUT2D eigenvalue weighted by Crippen LogP contribution is 2.39. The maximum atomic E-state index is 11.3. The molecule has 0 aromatic heterocycles. The number of hydrogen-bond donors (Lipinski definition) is 1. The van der Waals surface area contributed by atoms with Crippen molar-refractivity contribution < 1.29 is 9.90 Å². The molecule has 0 spiro atoms. The molecule has 1 N–H and O–H groups in total. The third kappa shape index (κ3) is 3.46. The molecule has 3 atom stereocenters. The normalized spacial score (nSPS) is 27.8.